The first-order chi connectivity index (χ1) is 7.66. The molecule has 1 saturated heterocycles. The lowest BCUT2D eigenvalue weighted by atomic mass is 10.1. The summed E-state index contributed by atoms with van der Waals surface area (Å²) in [7, 11) is 0. The van der Waals surface area contributed by atoms with Gasteiger partial charge in [-0.3, -0.25) is 0 Å². The number of ether oxygens (including phenoxy) is 1. The molecule has 1 aromatic carbocycles. The summed E-state index contributed by atoms with van der Waals surface area (Å²) in [6.45, 7) is 1.35. The molecule has 1 aliphatic rings. The molecule has 0 bridgehead atoms. The molecule has 0 amide bonds. The van der Waals surface area contributed by atoms with E-state index in [0.29, 0.717) is 12.2 Å². The number of carboxylic acid groups (broad SMARTS) is 1. The van der Waals surface area contributed by atoms with Gasteiger partial charge in [-0.2, -0.15) is 0 Å². The van der Waals surface area contributed by atoms with Crippen LogP contribution in [0.1, 0.15) is 16.8 Å². The standard InChI is InChI=1S/C11H13NO4/c13-10-2-1-7(11(14)15)5-9(10)12-6-8-3-4-16-8/h1-2,5,8,12-13H,3-4,6H2,(H,14,15). The Kier molecular flexibility index (Phi) is 2.96. The predicted octanol–water partition coefficient (Wildman–Crippen LogP) is 1.29. The van der Waals surface area contributed by atoms with Crippen molar-refractivity contribution in [1.29, 1.82) is 0 Å². The fourth-order valence-electron chi connectivity index (χ4n) is 1.48. The fourth-order valence-corrected chi connectivity index (χ4v) is 1.48. The minimum absolute atomic E-state index is 0.0457. The zero-order chi connectivity index (χ0) is 11.5. The van der Waals surface area contributed by atoms with E-state index in [2.05, 4.69) is 5.32 Å². The fraction of sp³-hybridized carbons (Fsp3) is 0.364. The van der Waals surface area contributed by atoms with Gasteiger partial charge < -0.3 is 20.3 Å². The molecule has 0 spiro atoms. The monoisotopic (exact) mass is 223 g/mol. The van der Waals surface area contributed by atoms with E-state index in [0.717, 1.165) is 13.0 Å². The number of nitrogens with one attached hydrogen (secondary N) is 1. The van der Waals surface area contributed by atoms with Crippen LogP contribution in [0.4, 0.5) is 5.69 Å². The van der Waals surface area contributed by atoms with Crippen molar-refractivity contribution in [3.63, 3.8) is 0 Å². The molecule has 5 heteroatoms. The second-order valence-electron chi connectivity index (χ2n) is 3.70. The first kappa shape index (κ1) is 10.8. The summed E-state index contributed by atoms with van der Waals surface area (Å²) in [5.41, 5.74) is 0.574. The number of benzene rings is 1. The largest absolute Gasteiger partial charge is 0.506 e. The van der Waals surface area contributed by atoms with E-state index in [1.165, 1.54) is 18.2 Å². The molecule has 86 valence electrons. The average molecular weight is 223 g/mol. The van der Waals surface area contributed by atoms with Gasteiger partial charge in [-0.05, 0) is 24.6 Å². The minimum atomic E-state index is -1.01. The van der Waals surface area contributed by atoms with Gasteiger partial charge in [-0.25, -0.2) is 4.79 Å². The van der Waals surface area contributed by atoms with Crippen LogP contribution in [0.15, 0.2) is 18.2 Å². The summed E-state index contributed by atoms with van der Waals surface area (Å²) in [6, 6.07) is 4.15. The molecule has 1 fully saturated rings. The number of carboxylic acids is 1. The number of phenolic OH excluding ortho intramolecular Hbond substituents is 1. The number of aromatic hydroxyl groups is 1. The molecule has 1 unspecified atom stereocenters. The van der Waals surface area contributed by atoms with Crippen LogP contribution in [-0.4, -0.2) is 35.4 Å². The van der Waals surface area contributed by atoms with Crippen molar-refractivity contribution < 1.29 is 19.7 Å². The molecule has 1 aromatic rings. The quantitative estimate of drug-likeness (QED) is 0.670. The lowest BCUT2D eigenvalue weighted by Crippen LogP contribution is -2.33. The summed E-state index contributed by atoms with van der Waals surface area (Å²) in [6.07, 6.45) is 1.15. The number of phenols is 1. The third-order valence-electron chi connectivity index (χ3n) is 2.56. The second-order valence-corrected chi connectivity index (χ2v) is 3.70. The molecule has 1 atom stereocenters. The molecule has 0 aromatic heterocycles. The maximum atomic E-state index is 10.7. The van der Waals surface area contributed by atoms with Crippen molar-refractivity contribution in [2.45, 2.75) is 12.5 Å². The van der Waals surface area contributed by atoms with Gasteiger partial charge in [0.2, 0.25) is 0 Å². The van der Waals surface area contributed by atoms with Crippen molar-refractivity contribution in [3.05, 3.63) is 23.8 Å². The molecule has 1 heterocycles. The zero-order valence-electron chi connectivity index (χ0n) is 8.64. The summed E-state index contributed by atoms with van der Waals surface area (Å²) in [5.74, 6) is -0.965. The summed E-state index contributed by atoms with van der Waals surface area (Å²) < 4.78 is 5.21. The lowest BCUT2D eigenvalue weighted by Gasteiger charge is -2.27. The third kappa shape index (κ3) is 2.25. The van der Waals surface area contributed by atoms with Crippen molar-refractivity contribution in [1.82, 2.24) is 0 Å². The van der Waals surface area contributed by atoms with E-state index < -0.39 is 5.97 Å². The van der Waals surface area contributed by atoms with Gasteiger partial charge in [0.1, 0.15) is 5.75 Å². The van der Waals surface area contributed by atoms with Gasteiger partial charge in [0.05, 0.1) is 17.4 Å². The Balaban J connectivity index is 2.05. The Bertz CT molecular complexity index is 401. The summed E-state index contributed by atoms with van der Waals surface area (Å²) in [5, 5.41) is 21.3. The Labute approximate surface area is 92.7 Å². The molecule has 3 N–H and O–H groups in total. The number of carbonyl (C=O) groups is 1. The van der Waals surface area contributed by atoms with Gasteiger partial charge in [0, 0.05) is 13.2 Å². The van der Waals surface area contributed by atoms with Crippen molar-refractivity contribution in [3.8, 4) is 5.75 Å². The number of anilines is 1. The van der Waals surface area contributed by atoms with Gasteiger partial charge >= 0.3 is 5.97 Å². The van der Waals surface area contributed by atoms with Gasteiger partial charge in [0.25, 0.3) is 0 Å². The lowest BCUT2D eigenvalue weighted by molar-refractivity contribution is -0.0410. The predicted molar refractivity (Wildman–Crippen MR) is 57.9 cm³/mol. The van der Waals surface area contributed by atoms with Crippen molar-refractivity contribution >= 4 is 11.7 Å². The van der Waals surface area contributed by atoms with E-state index in [1.54, 1.807) is 0 Å². The molecule has 0 radical (unpaired) electrons. The number of rotatable bonds is 4. The van der Waals surface area contributed by atoms with E-state index >= 15 is 0 Å². The highest BCUT2D eigenvalue weighted by molar-refractivity contribution is 5.89. The van der Waals surface area contributed by atoms with Crippen LogP contribution in [0.2, 0.25) is 0 Å². The summed E-state index contributed by atoms with van der Waals surface area (Å²) >= 11 is 0. The maximum absolute atomic E-state index is 10.7. The highest BCUT2D eigenvalue weighted by atomic mass is 16.5. The van der Waals surface area contributed by atoms with Crippen molar-refractivity contribution in [2.75, 3.05) is 18.5 Å². The van der Waals surface area contributed by atoms with Crippen LogP contribution in [0, 0.1) is 0 Å². The molecule has 5 nitrogen and oxygen atoms in total. The van der Waals surface area contributed by atoms with Gasteiger partial charge in [0.15, 0.2) is 0 Å². The van der Waals surface area contributed by atoms with Crippen LogP contribution in [0.3, 0.4) is 0 Å². The van der Waals surface area contributed by atoms with Crippen LogP contribution < -0.4 is 5.32 Å². The highest BCUT2D eigenvalue weighted by Gasteiger charge is 2.18. The SMILES string of the molecule is O=C(O)c1ccc(O)c(NCC2CCO2)c1. The highest BCUT2D eigenvalue weighted by Crippen LogP contribution is 2.25. The normalized spacial score (nSPS) is 18.9. The second kappa shape index (κ2) is 4.40. The Morgan fingerprint density at radius 1 is 1.56 bits per heavy atom. The van der Waals surface area contributed by atoms with Crippen LogP contribution in [0.5, 0.6) is 5.75 Å². The zero-order valence-corrected chi connectivity index (χ0v) is 8.64. The van der Waals surface area contributed by atoms with E-state index in [9.17, 15) is 9.90 Å². The topological polar surface area (TPSA) is 78.8 Å². The van der Waals surface area contributed by atoms with Crippen LogP contribution >= 0.6 is 0 Å². The maximum Gasteiger partial charge on any atom is 0.335 e. The van der Waals surface area contributed by atoms with Crippen LogP contribution in [-0.2, 0) is 4.74 Å². The van der Waals surface area contributed by atoms with E-state index in [-0.39, 0.29) is 17.4 Å². The molecular formula is C11H13NO4. The third-order valence-corrected chi connectivity index (χ3v) is 2.56. The Morgan fingerprint density at radius 3 is 2.88 bits per heavy atom. The first-order valence-corrected chi connectivity index (χ1v) is 5.08. The molecule has 0 aliphatic carbocycles. The van der Waals surface area contributed by atoms with Crippen molar-refractivity contribution in [2.24, 2.45) is 0 Å². The number of hydrogen-bond acceptors (Lipinski definition) is 4. The molecule has 16 heavy (non-hydrogen) atoms. The minimum Gasteiger partial charge on any atom is -0.506 e. The van der Waals surface area contributed by atoms with E-state index in [1.807, 2.05) is 0 Å². The number of aromatic carboxylic acids is 1. The van der Waals surface area contributed by atoms with Gasteiger partial charge in [-0.15, -0.1) is 0 Å². The molecule has 1 aliphatic heterocycles. The summed E-state index contributed by atoms with van der Waals surface area (Å²) in [4.78, 5) is 10.7. The smallest absolute Gasteiger partial charge is 0.335 e. The average Bonchev–Trinajstić information content (AvgIpc) is 2.18. The Morgan fingerprint density at radius 2 is 2.31 bits per heavy atom. The molecule has 2 rings (SSSR count). The number of hydrogen-bond donors (Lipinski definition) is 3. The van der Waals surface area contributed by atoms with Crippen LogP contribution in [0.25, 0.3) is 0 Å². The van der Waals surface area contributed by atoms with E-state index in [4.69, 9.17) is 9.84 Å². The first-order valence-electron chi connectivity index (χ1n) is 5.08. The Hall–Kier alpha value is -1.75. The molecule has 0 saturated carbocycles. The van der Waals surface area contributed by atoms with Gasteiger partial charge in [-0.1, -0.05) is 0 Å². The molecular weight excluding hydrogens is 210 g/mol.